The summed E-state index contributed by atoms with van der Waals surface area (Å²) in [6.07, 6.45) is 23.7. The van der Waals surface area contributed by atoms with Gasteiger partial charge in [-0.2, -0.15) is 0 Å². The van der Waals surface area contributed by atoms with Crippen molar-refractivity contribution in [3.05, 3.63) is 0 Å². The van der Waals surface area contributed by atoms with Gasteiger partial charge >= 0.3 is 51.4 Å². The van der Waals surface area contributed by atoms with Gasteiger partial charge < -0.3 is 14.8 Å². The summed E-state index contributed by atoms with van der Waals surface area (Å²) in [6, 6.07) is 0. The van der Waals surface area contributed by atoms with Gasteiger partial charge in [-0.05, 0) is 51.7 Å². The Balaban J connectivity index is 0. The van der Waals surface area contributed by atoms with Gasteiger partial charge in [0.1, 0.15) is 0 Å². The Morgan fingerprint density at radius 3 is 1.21 bits per heavy atom. The van der Waals surface area contributed by atoms with Crippen molar-refractivity contribution in [2.75, 3.05) is 19.6 Å². The summed E-state index contributed by atoms with van der Waals surface area (Å²) < 4.78 is 0. The molecule has 168 valence electrons. The summed E-state index contributed by atoms with van der Waals surface area (Å²) in [4.78, 5) is 13.2. The smallest absolute Gasteiger partial charge is 0.550 e. The van der Waals surface area contributed by atoms with E-state index in [0.29, 0.717) is 0 Å². The van der Waals surface area contributed by atoms with Crippen molar-refractivity contribution < 1.29 is 61.3 Å². The van der Waals surface area contributed by atoms with Crippen LogP contribution in [0.2, 0.25) is 0 Å². The van der Waals surface area contributed by atoms with Crippen LogP contribution >= 0.6 is 0 Å². The van der Waals surface area contributed by atoms with E-state index in [0.717, 1.165) is 19.3 Å². The second-order valence-electron chi connectivity index (χ2n) is 8.62. The first-order valence-corrected chi connectivity index (χ1v) is 12.6. The van der Waals surface area contributed by atoms with Crippen LogP contribution in [0.4, 0.5) is 0 Å². The Morgan fingerprint density at radius 2 is 0.862 bits per heavy atom. The van der Waals surface area contributed by atoms with E-state index in [1.807, 2.05) is 0 Å². The number of carbonyl (C=O) groups is 1. The van der Waals surface area contributed by atoms with Gasteiger partial charge in [0.05, 0.1) is 0 Å². The van der Waals surface area contributed by atoms with E-state index >= 15 is 0 Å². The van der Waals surface area contributed by atoms with E-state index in [1.165, 1.54) is 116 Å². The number of unbranched alkanes of at least 4 members (excludes halogenated alkanes) is 15. The van der Waals surface area contributed by atoms with E-state index in [9.17, 15) is 9.90 Å². The first kappa shape index (κ1) is 32.2. The molecule has 0 radical (unpaired) electrons. The zero-order valence-corrected chi connectivity index (χ0v) is 23.4. The number of carboxylic acid groups (broad SMARTS) is 1. The molecule has 0 aromatic heterocycles. The normalized spacial score (nSPS) is 11.0. The third-order valence-corrected chi connectivity index (χ3v) is 5.76. The van der Waals surface area contributed by atoms with E-state index in [4.69, 9.17) is 0 Å². The number of rotatable bonds is 23. The molecule has 0 saturated carbocycles. The zero-order valence-electron chi connectivity index (χ0n) is 20.3. The number of nitrogens with zero attached hydrogens (tertiary/aromatic N) is 1. The van der Waals surface area contributed by atoms with Gasteiger partial charge in [-0.1, -0.05) is 104 Å². The monoisotopic (exact) mass is 435 g/mol. The van der Waals surface area contributed by atoms with Gasteiger partial charge in [0.15, 0.2) is 0 Å². The zero-order chi connectivity index (χ0) is 20.7. The molecule has 0 atom stereocenters. The van der Waals surface area contributed by atoms with Crippen molar-refractivity contribution >= 4 is 5.97 Å². The molecule has 0 aromatic carbocycles. The first-order valence-electron chi connectivity index (χ1n) is 12.6. The van der Waals surface area contributed by atoms with Crippen LogP contribution in [-0.2, 0) is 4.79 Å². The molecule has 0 rings (SSSR count). The van der Waals surface area contributed by atoms with Crippen molar-refractivity contribution in [1.82, 2.24) is 4.90 Å². The molecule has 29 heavy (non-hydrogen) atoms. The van der Waals surface area contributed by atoms with E-state index in [1.54, 1.807) is 0 Å². The molecule has 0 aliphatic heterocycles. The largest absolute Gasteiger partial charge is 1.00 e. The molecule has 0 heterocycles. The van der Waals surface area contributed by atoms with Gasteiger partial charge in [0.2, 0.25) is 0 Å². The fraction of sp³-hybridized carbons (Fsp3) is 0.960. The van der Waals surface area contributed by atoms with Crippen molar-refractivity contribution in [3.63, 3.8) is 0 Å². The molecule has 0 saturated heterocycles. The minimum absolute atomic E-state index is 0. The maximum Gasteiger partial charge on any atom is 1.00 e. The summed E-state index contributed by atoms with van der Waals surface area (Å²) in [5.74, 6) is -0.903. The number of carbonyl (C=O) groups excluding carboxylic acids is 1. The van der Waals surface area contributed by atoms with Crippen LogP contribution in [0.5, 0.6) is 0 Å². The third kappa shape index (κ3) is 27.0. The van der Waals surface area contributed by atoms with Crippen LogP contribution in [0.15, 0.2) is 0 Å². The van der Waals surface area contributed by atoms with Gasteiger partial charge in [-0.3, -0.25) is 0 Å². The molecule has 0 aliphatic carbocycles. The summed E-state index contributed by atoms with van der Waals surface area (Å²) >= 11 is 0. The van der Waals surface area contributed by atoms with Gasteiger partial charge in [0, 0.05) is 5.97 Å². The predicted octanol–water partition coefficient (Wildman–Crippen LogP) is 3.49. The maximum absolute atomic E-state index is 10.5. The molecule has 4 heteroatoms. The Kier molecular flexibility index (Phi) is 30.1. The third-order valence-electron chi connectivity index (χ3n) is 5.76. The topological polar surface area (TPSA) is 43.4 Å². The molecule has 0 N–H and O–H groups in total. The second-order valence-corrected chi connectivity index (χ2v) is 8.62. The molecule has 0 amide bonds. The Bertz CT molecular complexity index is 308. The molecule has 0 bridgehead atoms. The first-order chi connectivity index (χ1) is 13.7. The minimum Gasteiger partial charge on any atom is -0.550 e. The molecule has 0 spiro atoms. The summed E-state index contributed by atoms with van der Waals surface area (Å²) in [5.41, 5.74) is 0. The van der Waals surface area contributed by atoms with E-state index in [2.05, 4.69) is 18.7 Å². The number of hydrogen-bond donors (Lipinski definition) is 0. The van der Waals surface area contributed by atoms with E-state index < -0.39 is 5.97 Å². The standard InChI is InChI=1S/C25H51NO2.K/c1-3-5-7-9-11-14-18-22-26(23-19-15-12-10-8-6-4-2)24-20-16-13-17-21-25(27)28;/h3-24H2,1-2H3,(H,27,28);/q;+1/p-1. The Morgan fingerprint density at radius 1 is 0.552 bits per heavy atom. The van der Waals surface area contributed by atoms with Crippen LogP contribution in [0.3, 0.4) is 0 Å². The molecular weight excluding hydrogens is 385 g/mol. The van der Waals surface area contributed by atoms with Crippen LogP contribution in [-0.4, -0.2) is 30.5 Å². The molecular formula is C25H50KNO2. The molecule has 0 aromatic rings. The Labute approximate surface area is 225 Å². The average molecular weight is 436 g/mol. The molecule has 3 nitrogen and oxygen atoms in total. The number of aliphatic carboxylic acids is 1. The fourth-order valence-electron chi connectivity index (χ4n) is 3.88. The summed E-state index contributed by atoms with van der Waals surface area (Å²) in [7, 11) is 0. The van der Waals surface area contributed by atoms with Crippen molar-refractivity contribution in [3.8, 4) is 0 Å². The van der Waals surface area contributed by atoms with Crippen LogP contribution < -0.4 is 56.5 Å². The van der Waals surface area contributed by atoms with Crippen LogP contribution in [0, 0.1) is 0 Å². The maximum atomic E-state index is 10.5. The van der Waals surface area contributed by atoms with Gasteiger partial charge in [-0.25, -0.2) is 0 Å². The minimum atomic E-state index is -0.903. The number of carboxylic acids is 1. The molecule has 0 fully saturated rings. The van der Waals surface area contributed by atoms with Crippen LogP contribution in [0.1, 0.15) is 136 Å². The number of hydrogen-bond acceptors (Lipinski definition) is 3. The van der Waals surface area contributed by atoms with Gasteiger partial charge in [-0.15, -0.1) is 0 Å². The van der Waals surface area contributed by atoms with E-state index in [-0.39, 0.29) is 57.8 Å². The SMILES string of the molecule is CCCCCCCCCN(CCCCCCCCC)CCCCCCC(=O)[O-].[K+]. The summed E-state index contributed by atoms with van der Waals surface area (Å²) in [5, 5.41) is 10.5. The Hall–Kier alpha value is 1.07. The average Bonchev–Trinajstić information content (AvgIpc) is 2.68. The predicted molar refractivity (Wildman–Crippen MR) is 121 cm³/mol. The molecule has 0 unspecified atom stereocenters. The fourth-order valence-corrected chi connectivity index (χ4v) is 3.88. The summed E-state index contributed by atoms with van der Waals surface area (Å²) in [6.45, 7) is 8.25. The molecule has 0 aliphatic rings. The second kappa shape index (κ2) is 27.1. The van der Waals surface area contributed by atoms with Crippen LogP contribution in [0.25, 0.3) is 0 Å². The van der Waals surface area contributed by atoms with Gasteiger partial charge in [0.25, 0.3) is 0 Å². The van der Waals surface area contributed by atoms with Crippen molar-refractivity contribution in [2.24, 2.45) is 0 Å². The quantitative estimate of drug-likeness (QED) is 0.182. The van der Waals surface area contributed by atoms with Crippen molar-refractivity contribution in [1.29, 1.82) is 0 Å². The van der Waals surface area contributed by atoms with Crippen molar-refractivity contribution in [2.45, 2.75) is 136 Å².